The number of hydrogen-bond donors (Lipinski definition) is 2. The number of carbonyl (C=O) groups excluding carboxylic acids is 1. The van der Waals surface area contributed by atoms with E-state index >= 15 is 0 Å². The molecule has 2 atom stereocenters. The van der Waals surface area contributed by atoms with E-state index in [1.165, 1.54) is 6.20 Å². The quantitative estimate of drug-likeness (QED) is 0.310. The molecule has 0 spiro atoms. The van der Waals surface area contributed by atoms with Crippen molar-refractivity contribution in [2.24, 2.45) is 0 Å². The number of likely N-dealkylation sites (tertiary alicyclic amines) is 1. The fourth-order valence-electron chi connectivity index (χ4n) is 4.86. The van der Waals surface area contributed by atoms with E-state index < -0.39 is 30.8 Å². The minimum atomic E-state index is -4.53. The average Bonchev–Trinajstić information content (AvgIpc) is 3.63. The summed E-state index contributed by atoms with van der Waals surface area (Å²) in [7, 11) is 1.85. The minimum absolute atomic E-state index is 0.0188. The van der Waals surface area contributed by atoms with Crippen LogP contribution in [0.5, 0.6) is 0 Å². The summed E-state index contributed by atoms with van der Waals surface area (Å²) in [5.74, 6) is -0.462. The van der Waals surface area contributed by atoms with Crippen molar-refractivity contribution in [2.75, 3.05) is 25.5 Å². The lowest BCUT2D eigenvalue weighted by atomic mass is 10.0. The summed E-state index contributed by atoms with van der Waals surface area (Å²) >= 11 is 0. The number of benzene rings is 1. The first kappa shape index (κ1) is 28.6. The maximum atomic E-state index is 14.7. The molecule has 4 heterocycles. The molecule has 0 saturated carbocycles. The maximum Gasteiger partial charge on any atom is 0.406 e. The van der Waals surface area contributed by atoms with Crippen LogP contribution in [0.2, 0.25) is 0 Å². The molecule has 1 amide bonds. The van der Waals surface area contributed by atoms with Gasteiger partial charge in [-0.3, -0.25) is 9.48 Å². The van der Waals surface area contributed by atoms with Crippen molar-refractivity contribution in [3.05, 3.63) is 48.1 Å². The Hall–Kier alpha value is -3.94. The number of nitrogens with zero attached hydrogens (tertiary/aromatic N) is 6. The van der Waals surface area contributed by atoms with E-state index in [0.29, 0.717) is 35.1 Å². The predicted molar refractivity (Wildman–Crippen MR) is 144 cm³/mol. The Balaban J connectivity index is 1.40. The lowest BCUT2D eigenvalue weighted by Gasteiger charge is -2.33. The summed E-state index contributed by atoms with van der Waals surface area (Å²) in [5, 5.41) is 14.4. The third-order valence-corrected chi connectivity index (χ3v) is 7.00. The summed E-state index contributed by atoms with van der Waals surface area (Å²) < 4.78 is 63.7. The van der Waals surface area contributed by atoms with Gasteiger partial charge in [-0.1, -0.05) is 11.2 Å². The second kappa shape index (κ2) is 10.8. The number of hydrogen-bond acceptors (Lipinski definition) is 7. The lowest BCUT2D eigenvalue weighted by Crippen LogP contribution is -2.46. The van der Waals surface area contributed by atoms with Gasteiger partial charge < -0.3 is 24.6 Å². The van der Waals surface area contributed by atoms with Crippen molar-refractivity contribution in [1.82, 2.24) is 34.7 Å². The molecule has 1 aliphatic rings. The molecular formula is C27H32F4N8O2. The molecule has 0 radical (unpaired) electrons. The molecule has 1 fully saturated rings. The van der Waals surface area contributed by atoms with Crippen molar-refractivity contribution >= 4 is 22.5 Å². The lowest BCUT2D eigenvalue weighted by molar-refractivity contribution is -0.139. The van der Waals surface area contributed by atoms with Gasteiger partial charge >= 0.3 is 6.18 Å². The van der Waals surface area contributed by atoms with Gasteiger partial charge in [-0.15, -0.1) is 0 Å². The molecule has 3 aromatic heterocycles. The summed E-state index contributed by atoms with van der Waals surface area (Å²) in [6, 6.07) is 5.98. The van der Waals surface area contributed by atoms with Gasteiger partial charge in [0.15, 0.2) is 0 Å². The molecule has 5 rings (SSSR count). The molecule has 2 N–H and O–H groups in total. The second-order valence-electron chi connectivity index (χ2n) is 11.3. The van der Waals surface area contributed by atoms with E-state index in [9.17, 15) is 22.4 Å². The molecule has 0 aliphatic carbocycles. The zero-order valence-electron chi connectivity index (χ0n) is 23.2. The number of piperidine rings is 1. The Labute approximate surface area is 233 Å². The number of fused-ring (bicyclic) bond motifs is 1. The Kier molecular flexibility index (Phi) is 7.53. The highest BCUT2D eigenvalue weighted by atomic mass is 19.4. The van der Waals surface area contributed by atoms with Gasteiger partial charge in [0.1, 0.15) is 12.7 Å². The van der Waals surface area contributed by atoms with Gasteiger partial charge in [-0.05, 0) is 52.4 Å². The van der Waals surface area contributed by atoms with Crippen LogP contribution < -0.4 is 10.6 Å². The molecule has 0 unspecified atom stereocenters. The number of carbonyl (C=O) groups is 1. The van der Waals surface area contributed by atoms with Crippen molar-refractivity contribution in [1.29, 1.82) is 0 Å². The van der Waals surface area contributed by atoms with Gasteiger partial charge in [0.25, 0.3) is 5.91 Å². The van der Waals surface area contributed by atoms with Gasteiger partial charge in [0.2, 0.25) is 11.7 Å². The number of amides is 1. The van der Waals surface area contributed by atoms with Crippen molar-refractivity contribution in [3.8, 4) is 11.5 Å². The van der Waals surface area contributed by atoms with Crippen LogP contribution in [0.1, 0.15) is 43.4 Å². The molecule has 1 aromatic carbocycles. The molecule has 1 aliphatic heterocycles. The van der Waals surface area contributed by atoms with Crippen LogP contribution >= 0.6 is 0 Å². The summed E-state index contributed by atoms with van der Waals surface area (Å²) in [6.07, 6.45) is -2.04. The van der Waals surface area contributed by atoms with Crippen LogP contribution in [0.15, 0.2) is 41.2 Å². The molecule has 14 heteroatoms. The molecular weight excluding hydrogens is 544 g/mol. The first-order valence-corrected chi connectivity index (χ1v) is 13.2. The van der Waals surface area contributed by atoms with Crippen molar-refractivity contribution in [2.45, 2.75) is 64.2 Å². The second-order valence-corrected chi connectivity index (χ2v) is 11.3. The van der Waals surface area contributed by atoms with Crippen LogP contribution in [-0.4, -0.2) is 73.8 Å². The van der Waals surface area contributed by atoms with E-state index in [4.69, 9.17) is 4.52 Å². The SMILES string of the molecule is CN1CC[C@@H](Nc2cccc3c2cc(-c2noc(CNC(=O)c4cnn(C(C)(C)C)c4)n2)n3CC(F)(F)F)[C@@H](F)C1. The van der Waals surface area contributed by atoms with Crippen molar-refractivity contribution in [3.63, 3.8) is 0 Å². The van der Waals surface area contributed by atoms with E-state index in [-0.39, 0.29) is 36.0 Å². The van der Waals surface area contributed by atoms with E-state index in [1.54, 1.807) is 35.1 Å². The maximum absolute atomic E-state index is 14.7. The van der Waals surface area contributed by atoms with Crippen LogP contribution in [0, 0.1) is 0 Å². The number of anilines is 1. The van der Waals surface area contributed by atoms with Gasteiger partial charge in [0, 0.05) is 30.4 Å². The zero-order valence-corrected chi connectivity index (χ0v) is 23.2. The largest absolute Gasteiger partial charge is 0.406 e. The summed E-state index contributed by atoms with van der Waals surface area (Å²) in [5.41, 5.74) is 0.935. The van der Waals surface area contributed by atoms with E-state index in [0.717, 1.165) is 4.57 Å². The third-order valence-electron chi connectivity index (χ3n) is 7.00. The number of halogens is 4. The van der Waals surface area contributed by atoms with Crippen LogP contribution in [0.3, 0.4) is 0 Å². The Morgan fingerprint density at radius 1 is 1.22 bits per heavy atom. The normalized spacial score (nSPS) is 18.6. The van der Waals surface area contributed by atoms with Gasteiger partial charge in [-0.2, -0.15) is 23.3 Å². The number of rotatable bonds is 7. The minimum Gasteiger partial charge on any atom is -0.379 e. The smallest absolute Gasteiger partial charge is 0.379 e. The molecule has 10 nitrogen and oxygen atoms in total. The summed E-state index contributed by atoms with van der Waals surface area (Å²) in [6.45, 7) is 5.41. The number of alkyl halides is 4. The summed E-state index contributed by atoms with van der Waals surface area (Å²) in [4.78, 5) is 18.7. The van der Waals surface area contributed by atoms with Gasteiger partial charge in [0.05, 0.1) is 41.1 Å². The van der Waals surface area contributed by atoms with Crippen molar-refractivity contribution < 1.29 is 26.9 Å². The zero-order chi connectivity index (χ0) is 29.5. The highest BCUT2D eigenvalue weighted by Crippen LogP contribution is 2.35. The first-order chi connectivity index (χ1) is 19.3. The fourth-order valence-corrected chi connectivity index (χ4v) is 4.86. The van der Waals surface area contributed by atoms with Crippen LogP contribution in [0.25, 0.3) is 22.4 Å². The van der Waals surface area contributed by atoms with Gasteiger partial charge in [-0.25, -0.2) is 4.39 Å². The average molecular weight is 577 g/mol. The topological polar surface area (TPSA) is 106 Å². The van der Waals surface area contributed by atoms with E-state index in [2.05, 4.69) is 25.9 Å². The monoisotopic (exact) mass is 576 g/mol. The Morgan fingerprint density at radius 3 is 2.68 bits per heavy atom. The Morgan fingerprint density at radius 2 is 2.00 bits per heavy atom. The number of nitrogens with one attached hydrogen (secondary N) is 2. The van der Waals surface area contributed by atoms with Crippen LogP contribution in [0.4, 0.5) is 23.2 Å². The van der Waals surface area contributed by atoms with E-state index in [1.807, 2.05) is 32.7 Å². The molecule has 1 saturated heterocycles. The fraction of sp³-hybridized carbons (Fsp3) is 0.481. The Bertz CT molecular complexity index is 1530. The van der Waals surface area contributed by atoms with Crippen LogP contribution in [-0.2, 0) is 18.6 Å². The highest BCUT2D eigenvalue weighted by molar-refractivity contribution is 5.96. The molecule has 41 heavy (non-hydrogen) atoms. The molecule has 4 aromatic rings. The third kappa shape index (κ3) is 6.37. The standard InChI is InChI=1S/C27H32F4N8O2/c1-26(2,3)39-13-16(11-33-39)25(40)32-12-23-35-24(36-41-23)22-10-17-19(34-20-8-9-37(4)14-18(20)28)6-5-7-21(17)38(22)15-27(29,30)31/h5-7,10-11,13,18,20,34H,8-9,12,14-15H2,1-4H3,(H,32,40)/t18-,20+/m0/s1. The number of aromatic nitrogens is 5. The first-order valence-electron chi connectivity index (χ1n) is 13.2. The molecule has 0 bridgehead atoms. The molecule has 220 valence electrons. The predicted octanol–water partition coefficient (Wildman–Crippen LogP) is 4.59. The highest BCUT2D eigenvalue weighted by Gasteiger charge is 2.32.